The lowest BCUT2D eigenvalue weighted by atomic mass is 10.1. The van der Waals surface area contributed by atoms with Crippen LogP contribution in [-0.2, 0) is 4.74 Å². The third-order valence-electron chi connectivity index (χ3n) is 3.20. The van der Waals surface area contributed by atoms with Gasteiger partial charge in [-0.05, 0) is 17.7 Å². The molecular weight excluding hydrogens is 278 g/mol. The molecule has 0 aliphatic carbocycles. The average molecular weight is 295 g/mol. The molecule has 0 radical (unpaired) electrons. The van der Waals surface area contributed by atoms with Crippen molar-refractivity contribution in [2.45, 2.75) is 6.10 Å². The van der Waals surface area contributed by atoms with Gasteiger partial charge < -0.3 is 15.4 Å². The van der Waals surface area contributed by atoms with Gasteiger partial charge in [0, 0.05) is 13.7 Å². The molecule has 2 aromatic carbocycles. The van der Waals surface area contributed by atoms with Gasteiger partial charge in [0.1, 0.15) is 6.07 Å². The molecule has 22 heavy (non-hydrogen) atoms. The Morgan fingerprint density at radius 1 is 1.18 bits per heavy atom. The van der Waals surface area contributed by atoms with Crippen LogP contribution in [0.15, 0.2) is 54.6 Å². The second-order valence-corrected chi connectivity index (χ2v) is 4.63. The minimum absolute atomic E-state index is 0.224. The van der Waals surface area contributed by atoms with Crippen LogP contribution in [0.4, 0.5) is 10.5 Å². The number of methoxy groups -OCH3 is 1. The predicted octanol–water partition coefficient (Wildman–Crippen LogP) is 3.07. The Morgan fingerprint density at radius 2 is 1.86 bits per heavy atom. The van der Waals surface area contributed by atoms with Gasteiger partial charge in [-0.1, -0.05) is 42.5 Å². The van der Waals surface area contributed by atoms with Crippen LogP contribution in [0.5, 0.6) is 0 Å². The maximum absolute atomic E-state index is 11.9. The highest BCUT2D eigenvalue weighted by molar-refractivity contribution is 5.90. The lowest BCUT2D eigenvalue weighted by Gasteiger charge is -2.17. The molecule has 2 rings (SSSR count). The van der Waals surface area contributed by atoms with Gasteiger partial charge in [0.2, 0.25) is 0 Å². The van der Waals surface area contributed by atoms with Gasteiger partial charge in [-0.3, -0.25) is 0 Å². The van der Waals surface area contributed by atoms with E-state index in [4.69, 9.17) is 10.00 Å². The summed E-state index contributed by atoms with van der Waals surface area (Å²) in [6, 6.07) is 18.2. The smallest absolute Gasteiger partial charge is 0.319 e. The third kappa shape index (κ3) is 4.08. The summed E-state index contributed by atoms with van der Waals surface area (Å²) in [4.78, 5) is 11.9. The Hall–Kier alpha value is -2.84. The first kappa shape index (κ1) is 15.5. The van der Waals surface area contributed by atoms with E-state index < -0.39 is 0 Å². The van der Waals surface area contributed by atoms with E-state index in [2.05, 4.69) is 10.6 Å². The van der Waals surface area contributed by atoms with E-state index in [1.807, 2.05) is 36.4 Å². The highest BCUT2D eigenvalue weighted by Gasteiger charge is 2.12. The predicted molar refractivity (Wildman–Crippen MR) is 84.4 cm³/mol. The lowest BCUT2D eigenvalue weighted by molar-refractivity contribution is 0.104. The second kappa shape index (κ2) is 7.81. The molecule has 0 saturated heterocycles. The topological polar surface area (TPSA) is 74.2 Å². The Balaban J connectivity index is 1.94. The summed E-state index contributed by atoms with van der Waals surface area (Å²) < 4.78 is 5.39. The molecule has 2 amide bonds. The number of carbonyl (C=O) groups excluding carboxylic acids is 1. The van der Waals surface area contributed by atoms with Crippen LogP contribution in [-0.4, -0.2) is 19.7 Å². The molecule has 0 saturated carbocycles. The summed E-state index contributed by atoms with van der Waals surface area (Å²) in [5.41, 5.74) is 1.89. The van der Waals surface area contributed by atoms with E-state index in [-0.39, 0.29) is 12.1 Å². The summed E-state index contributed by atoms with van der Waals surface area (Å²) in [6.45, 7) is 0.334. The number of hydrogen-bond donors (Lipinski definition) is 2. The summed E-state index contributed by atoms with van der Waals surface area (Å²) in [7, 11) is 1.60. The molecule has 0 aliphatic heterocycles. The van der Waals surface area contributed by atoms with Gasteiger partial charge >= 0.3 is 6.03 Å². The Morgan fingerprint density at radius 3 is 2.55 bits per heavy atom. The van der Waals surface area contributed by atoms with Crippen molar-refractivity contribution in [3.63, 3.8) is 0 Å². The standard InChI is InChI=1S/C17H17N3O2/c1-22-16(13-7-3-2-4-8-13)12-19-17(21)20-15-10-6-5-9-14(15)11-18/h2-10,16H,12H2,1H3,(H2,19,20,21). The van der Waals surface area contributed by atoms with E-state index in [9.17, 15) is 4.79 Å². The SMILES string of the molecule is COC(CNC(=O)Nc1ccccc1C#N)c1ccccc1. The Bertz CT molecular complexity index is 665. The number of urea groups is 1. The van der Waals surface area contributed by atoms with Gasteiger partial charge in [0.15, 0.2) is 0 Å². The van der Waals surface area contributed by atoms with Crippen molar-refractivity contribution in [1.29, 1.82) is 5.26 Å². The Labute approximate surface area is 129 Å². The molecule has 112 valence electrons. The number of benzene rings is 2. The molecule has 5 heteroatoms. The van der Waals surface area contributed by atoms with Crippen LogP contribution in [0.3, 0.4) is 0 Å². The highest BCUT2D eigenvalue weighted by atomic mass is 16.5. The summed E-state index contributed by atoms with van der Waals surface area (Å²) in [5, 5.41) is 14.4. The van der Waals surface area contributed by atoms with Crippen molar-refractivity contribution in [2.24, 2.45) is 0 Å². The van der Waals surface area contributed by atoms with Gasteiger partial charge in [-0.25, -0.2) is 4.79 Å². The highest BCUT2D eigenvalue weighted by Crippen LogP contribution is 2.16. The fraction of sp³-hybridized carbons (Fsp3) is 0.176. The minimum Gasteiger partial charge on any atom is -0.375 e. The number of para-hydroxylation sites is 1. The second-order valence-electron chi connectivity index (χ2n) is 4.63. The molecule has 0 spiro atoms. The molecule has 1 unspecified atom stereocenters. The maximum Gasteiger partial charge on any atom is 0.319 e. The normalized spacial score (nSPS) is 11.3. The number of rotatable bonds is 5. The zero-order valence-electron chi connectivity index (χ0n) is 12.2. The van der Waals surface area contributed by atoms with Gasteiger partial charge in [-0.15, -0.1) is 0 Å². The molecule has 1 atom stereocenters. The quantitative estimate of drug-likeness (QED) is 0.890. The minimum atomic E-state index is -0.374. The molecular formula is C17H17N3O2. The van der Waals surface area contributed by atoms with Gasteiger partial charge in [0.05, 0.1) is 17.4 Å². The third-order valence-corrected chi connectivity index (χ3v) is 3.20. The van der Waals surface area contributed by atoms with Crippen LogP contribution in [0.1, 0.15) is 17.2 Å². The monoisotopic (exact) mass is 295 g/mol. The van der Waals surface area contributed by atoms with Crippen molar-refractivity contribution in [1.82, 2.24) is 5.32 Å². The van der Waals surface area contributed by atoms with Crippen molar-refractivity contribution >= 4 is 11.7 Å². The zero-order chi connectivity index (χ0) is 15.8. The van der Waals surface area contributed by atoms with Crippen molar-refractivity contribution < 1.29 is 9.53 Å². The number of carbonyl (C=O) groups is 1. The summed E-state index contributed by atoms with van der Waals surface area (Å²) >= 11 is 0. The first-order valence-corrected chi connectivity index (χ1v) is 6.86. The number of ether oxygens (including phenoxy) is 1. The number of nitrogens with zero attached hydrogens (tertiary/aromatic N) is 1. The van der Waals surface area contributed by atoms with Crippen LogP contribution >= 0.6 is 0 Å². The summed E-state index contributed by atoms with van der Waals surface area (Å²) in [6.07, 6.45) is -0.224. The number of anilines is 1. The van der Waals surface area contributed by atoms with Crippen LogP contribution < -0.4 is 10.6 Å². The molecule has 0 fully saturated rings. The van der Waals surface area contributed by atoms with E-state index >= 15 is 0 Å². The molecule has 0 aromatic heterocycles. The van der Waals surface area contributed by atoms with Crippen molar-refractivity contribution in [3.05, 3.63) is 65.7 Å². The number of amides is 2. The fourth-order valence-corrected chi connectivity index (χ4v) is 2.05. The Kier molecular flexibility index (Phi) is 5.52. The van der Waals surface area contributed by atoms with Gasteiger partial charge in [-0.2, -0.15) is 5.26 Å². The lowest BCUT2D eigenvalue weighted by Crippen LogP contribution is -2.33. The van der Waals surface area contributed by atoms with Crippen molar-refractivity contribution in [3.8, 4) is 6.07 Å². The maximum atomic E-state index is 11.9. The van der Waals surface area contributed by atoms with E-state index in [1.54, 1.807) is 31.4 Å². The first-order valence-electron chi connectivity index (χ1n) is 6.86. The van der Waals surface area contributed by atoms with Crippen LogP contribution in [0, 0.1) is 11.3 Å². The van der Waals surface area contributed by atoms with Crippen LogP contribution in [0.2, 0.25) is 0 Å². The van der Waals surface area contributed by atoms with E-state index in [0.29, 0.717) is 17.8 Å². The summed E-state index contributed by atoms with van der Waals surface area (Å²) in [5.74, 6) is 0. The zero-order valence-corrected chi connectivity index (χ0v) is 12.2. The number of hydrogen-bond acceptors (Lipinski definition) is 3. The molecule has 2 N–H and O–H groups in total. The van der Waals surface area contributed by atoms with Crippen LogP contribution in [0.25, 0.3) is 0 Å². The van der Waals surface area contributed by atoms with Crippen molar-refractivity contribution in [2.75, 3.05) is 19.0 Å². The average Bonchev–Trinajstić information content (AvgIpc) is 2.57. The molecule has 0 bridgehead atoms. The van der Waals surface area contributed by atoms with Gasteiger partial charge in [0.25, 0.3) is 0 Å². The van der Waals surface area contributed by atoms with E-state index in [1.165, 1.54) is 0 Å². The first-order chi connectivity index (χ1) is 10.7. The number of nitriles is 1. The molecule has 0 aliphatic rings. The molecule has 5 nitrogen and oxygen atoms in total. The largest absolute Gasteiger partial charge is 0.375 e. The fourth-order valence-electron chi connectivity index (χ4n) is 2.05. The molecule has 2 aromatic rings. The molecule has 0 heterocycles. The number of nitrogens with one attached hydrogen (secondary N) is 2. The van der Waals surface area contributed by atoms with E-state index in [0.717, 1.165) is 5.56 Å².